The molecule has 2 heterocycles. The highest BCUT2D eigenvalue weighted by molar-refractivity contribution is 5.11. The average molecular weight is 290 g/mol. The molecule has 118 valence electrons. The first-order valence-electron chi connectivity index (χ1n) is 8.11. The number of piperidine rings is 1. The molecule has 4 heteroatoms. The van der Waals surface area contributed by atoms with Crippen molar-refractivity contribution in [2.45, 2.75) is 51.9 Å². The van der Waals surface area contributed by atoms with Crippen molar-refractivity contribution >= 4 is 0 Å². The van der Waals surface area contributed by atoms with Crippen LogP contribution in [0.15, 0.2) is 18.2 Å². The van der Waals surface area contributed by atoms with E-state index in [1.54, 1.807) is 0 Å². The molecule has 0 aromatic carbocycles. The van der Waals surface area contributed by atoms with Crippen molar-refractivity contribution in [1.82, 2.24) is 20.1 Å². The van der Waals surface area contributed by atoms with E-state index in [1.807, 2.05) is 0 Å². The summed E-state index contributed by atoms with van der Waals surface area (Å²) >= 11 is 0. The summed E-state index contributed by atoms with van der Waals surface area (Å²) in [6.45, 7) is 8.53. The summed E-state index contributed by atoms with van der Waals surface area (Å²) < 4.78 is 0. The molecule has 0 amide bonds. The summed E-state index contributed by atoms with van der Waals surface area (Å²) in [7, 11) is 4.38. The number of hydrogen-bond acceptors (Lipinski definition) is 4. The van der Waals surface area contributed by atoms with Gasteiger partial charge >= 0.3 is 0 Å². The highest BCUT2D eigenvalue weighted by Gasteiger charge is 2.20. The number of nitrogens with zero attached hydrogens (tertiary/aromatic N) is 3. The smallest absolute Gasteiger partial charge is 0.0547 e. The fourth-order valence-corrected chi connectivity index (χ4v) is 2.85. The lowest BCUT2D eigenvalue weighted by Crippen LogP contribution is -2.41. The van der Waals surface area contributed by atoms with Gasteiger partial charge in [0, 0.05) is 38.3 Å². The van der Waals surface area contributed by atoms with Crippen LogP contribution in [0.2, 0.25) is 0 Å². The zero-order valence-corrected chi connectivity index (χ0v) is 14.0. The molecule has 0 spiro atoms. The first-order valence-corrected chi connectivity index (χ1v) is 8.11. The van der Waals surface area contributed by atoms with Crippen LogP contribution in [0.1, 0.15) is 38.1 Å². The number of likely N-dealkylation sites (tertiary alicyclic amines) is 1. The van der Waals surface area contributed by atoms with Crippen LogP contribution in [0.4, 0.5) is 0 Å². The molecule has 1 aliphatic heterocycles. The van der Waals surface area contributed by atoms with Crippen LogP contribution in [-0.2, 0) is 13.1 Å². The van der Waals surface area contributed by atoms with E-state index >= 15 is 0 Å². The maximum atomic E-state index is 4.78. The lowest BCUT2D eigenvalue weighted by molar-refractivity contribution is 0.139. The summed E-state index contributed by atoms with van der Waals surface area (Å²) in [5, 5.41) is 3.43. The van der Waals surface area contributed by atoms with Crippen molar-refractivity contribution in [2.75, 3.05) is 27.2 Å². The lowest BCUT2D eigenvalue weighted by atomic mass is 10.0. The maximum absolute atomic E-state index is 4.78. The van der Waals surface area contributed by atoms with E-state index < -0.39 is 0 Å². The summed E-state index contributed by atoms with van der Waals surface area (Å²) in [6, 6.07) is 7.64. The van der Waals surface area contributed by atoms with Crippen molar-refractivity contribution in [3.8, 4) is 0 Å². The predicted molar refractivity (Wildman–Crippen MR) is 88.2 cm³/mol. The lowest BCUT2D eigenvalue weighted by Gasteiger charge is -2.35. The van der Waals surface area contributed by atoms with Gasteiger partial charge in [-0.1, -0.05) is 19.9 Å². The van der Waals surface area contributed by atoms with E-state index in [9.17, 15) is 0 Å². The van der Waals surface area contributed by atoms with E-state index in [2.05, 4.69) is 61.3 Å². The minimum atomic E-state index is 0.500. The Labute approximate surface area is 129 Å². The molecule has 0 unspecified atom stereocenters. The van der Waals surface area contributed by atoms with Crippen LogP contribution in [0.5, 0.6) is 0 Å². The Bertz CT molecular complexity index is 423. The van der Waals surface area contributed by atoms with Gasteiger partial charge in [0.1, 0.15) is 0 Å². The van der Waals surface area contributed by atoms with E-state index in [1.165, 1.54) is 31.6 Å². The quantitative estimate of drug-likeness (QED) is 0.869. The third-order valence-electron chi connectivity index (χ3n) is 4.23. The van der Waals surface area contributed by atoms with Crippen LogP contribution in [0.25, 0.3) is 0 Å². The fraction of sp³-hybridized carbons (Fsp3) is 0.706. The number of aromatic nitrogens is 1. The molecule has 1 aromatic rings. The number of pyridine rings is 1. The number of rotatable bonds is 6. The summed E-state index contributed by atoms with van der Waals surface area (Å²) in [6.07, 6.45) is 2.53. The number of nitrogens with one attached hydrogen (secondary N) is 1. The normalized spacial score (nSPS) is 17.8. The largest absolute Gasteiger partial charge is 0.309 e. The molecule has 2 rings (SSSR count). The highest BCUT2D eigenvalue weighted by atomic mass is 15.2. The van der Waals surface area contributed by atoms with Crippen LogP contribution in [0.3, 0.4) is 0 Å². The van der Waals surface area contributed by atoms with E-state index in [0.29, 0.717) is 6.04 Å². The monoisotopic (exact) mass is 290 g/mol. The summed E-state index contributed by atoms with van der Waals surface area (Å²) in [5.74, 6) is 0. The zero-order chi connectivity index (χ0) is 15.2. The fourth-order valence-electron chi connectivity index (χ4n) is 2.85. The molecule has 1 aromatic heterocycles. The van der Waals surface area contributed by atoms with Gasteiger partial charge in [-0.3, -0.25) is 9.88 Å². The molecule has 0 radical (unpaired) electrons. The van der Waals surface area contributed by atoms with Crippen molar-refractivity contribution in [3.05, 3.63) is 29.6 Å². The van der Waals surface area contributed by atoms with Gasteiger partial charge in [0.2, 0.25) is 0 Å². The molecule has 0 bridgehead atoms. The first kappa shape index (κ1) is 16.4. The Kier molecular flexibility index (Phi) is 6.15. The second-order valence-corrected chi connectivity index (χ2v) is 6.63. The topological polar surface area (TPSA) is 31.4 Å². The summed E-state index contributed by atoms with van der Waals surface area (Å²) in [4.78, 5) is 9.66. The summed E-state index contributed by atoms with van der Waals surface area (Å²) in [5.41, 5.74) is 2.34. The van der Waals surface area contributed by atoms with Crippen LogP contribution < -0.4 is 5.32 Å². The van der Waals surface area contributed by atoms with Crippen LogP contribution in [0, 0.1) is 0 Å². The molecule has 4 nitrogen and oxygen atoms in total. The minimum absolute atomic E-state index is 0.500. The van der Waals surface area contributed by atoms with Gasteiger partial charge in [0.05, 0.1) is 11.4 Å². The second kappa shape index (κ2) is 7.87. The Hall–Kier alpha value is -0.970. The SMILES string of the molecule is CC(C)NCc1cccc(CN2CCC(N(C)C)CC2)n1. The van der Waals surface area contributed by atoms with Gasteiger partial charge < -0.3 is 10.2 Å². The molecule has 0 saturated carbocycles. The Balaban J connectivity index is 1.84. The van der Waals surface area contributed by atoms with Gasteiger partial charge in [-0.05, 0) is 39.1 Å². The van der Waals surface area contributed by atoms with Crippen molar-refractivity contribution in [2.24, 2.45) is 0 Å². The van der Waals surface area contributed by atoms with Crippen molar-refractivity contribution in [1.29, 1.82) is 0 Å². The first-order chi connectivity index (χ1) is 10.0. The molecule has 21 heavy (non-hydrogen) atoms. The van der Waals surface area contributed by atoms with E-state index in [0.717, 1.165) is 24.8 Å². The van der Waals surface area contributed by atoms with Gasteiger partial charge in [0.15, 0.2) is 0 Å². The Morgan fingerprint density at radius 1 is 1.24 bits per heavy atom. The van der Waals surface area contributed by atoms with Gasteiger partial charge in [-0.25, -0.2) is 0 Å². The minimum Gasteiger partial charge on any atom is -0.309 e. The van der Waals surface area contributed by atoms with Crippen molar-refractivity contribution < 1.29 is 0 Å². The molecule has 1 N–H and O–H groups in total. The molecule has 0 aliphatic carbocycles. The Morgan fingerprint density at radius 3 is 2.52 bits per heavy atom. The second-order valence-electron chi connectivity index (χ2n) is 6.63. The standard InChI is InChI=1S/C17H30N4/c1-14(2)18-12-15-6-5-7-16(19-15)13-21-10-8-17(9-11-21)20(3)4/h5-7,14,17-18H,8-13H2,1-4H3. The predicted octanol–water partition coefficient (Wildman–Crippen LogP) is 2.11. The molecule has 0 atom stereocenters. The molecular weight excluding hydrogens is 260 g/mol. The highest BCUT2D eigenvalue weighted by Crippen LogP contribution is 2.16. The number of hydrogen-bond donors (Lipinski definition) is 1. The zero-order valence-electron chi connectivity index (χ0n) is 14.0. The molecular formula is C17H30N4. The maximum Gasteiger partial charge on any atom is 0.0547 e. The van der Waals surface area contributed by atoms with E-state index in [-0.39, 0.29) is 0 Å². The Morgan fingerprint density at radius 2 is 1.90 bits per heavy atom. The molecule has 1 fully saturated rings. The third kappa shape index (κ3) is 5.38. The van der Waals surface area contributed by atoms with Gasteiger partial charge in [0.25, 0.3) is 0 Å². The van der Waals surface area contributed by atoms with E-state index in [4.69, 9.17) is 4.98 Å². The van der Waals surface area contributed by atoms with Gasteiger partial charge in [-0.2, -0.15) is 0 Å². The van der Waals surface area contributed by atoms with Crippen molar-refractivity contribution in [3.63, 3.8) is 0 Å². The third-order valence-corrected chi connectivity index (χ3v) is 4.23. The average Bonchev–Trinajstić information content (AvgIpc) is 2.46. The van der Waals surface area contributed by atoms with Gasteiger partial charge in [-0.15, -0.1) is 0 Å². The molecule has 1 saturated heterocycles. The molecule has 1 aliphatic rings. The van der Waals surface area contributed by atoms with Crippen LogP contribution in [-0.4, -0.2) is 54.1 Å². The van der Waals surface area contributed by atoms with Crippen LogP contribution >= 0.6 is 0 Å².